The van der Waals surface area contributed by atoms with Gasteiger partial charge in [-0.05, 0) is 55.4 Å². The third kappa shape index (κ3) is 2.35. The van der Waals surface area contributed by atoms with Crippen LogP contribution in [0.3, 0.4) is 0 Å². The number of hydrogen-bond donors (Lipinski definition) is 1. The summed E-state index contributed by atoms with van der Waals surface area (Å²) in [5.41, 5.74) is 4.35. The lowest BCUT2D eigenvalue weighted by Gasteiger charge is -2.45. The Balaban J connectivity index is 1.90. The van der Waals surface area contributed by atoms with Gasteiger partial charge in [0.25, 0.3) is 5.91 Å². The molecule has 1 unspecified atom stereocenters. The van der Waals surface area contributed by atoms with Crippen LogP contribution in [0.4, 0.5) is 13.2 Å². The smallest absolute Gasteiger partial charge is 0.381 e. The molecule has 0 bridgehead atoms. The van der Waals surface area contributed by atoms with Crippen LogP contribution in [0.1, 0.15) is 42.4 Å². The molecule has 1 aromatic carbocycles. The molecule has 8 heteroatoms. The van der Waals surface area contributed by atoms with Gasteiger partial charge < -0.3 is 10.5 Å². The maximum atomic E-state index is 13.3. The number of fused-ring (bicyclic) bond motifs is 3. The summed E-state index contributed by atoms with van der Waals surface area (Å²) in [6, 6.07) is 3.68. The van der Waals surface area contributed by atoms with Crippen LogP contribution >= 0.6 is 0 Å². The normalized spacial score (nSPS) is 33.1. The number of amides is 1. The van der Waals surface area contributed by atoms with Crippen LogP contribution in [-0.2, 0) is 27.7 Å². The van der Waals surface area contributed by atoms with Crippen molar-refractivity contribution in [3.05, 3.63) is 34.9 Å². The fraction of sp³-hybridized carbons (Fsp3) is 0.579. The van der Waals surface area contributed by atoms with E-state index < -0.39 is 22.7 Å². The van der Waals surface area contributed by atoms with Crippen LogP contribution in [0, 0.1) is 5.41 Å². The highest BCUT2D eigenvalue weighted by Gasteiger charge is 2.66. The summed E-state index contributed by atoms with van der Waals surface area (Å²) in [5, 5.41) is 0. The van der Waals surface area contributed by atoms with E-state index in [0.717, 1.165) is 30.5 Å². The summed E-state index contributed by atoms with van der Waals surface area (Å²) < 4.78 is 45.5. The van der Waals surface area contributed by atoms with Gasteiger partial charge in [0, 0.05) is 19.6 Å². The summed E-state index contributed by atoms with van der Waals surface area (Å²) in [5.74, 6) is -0.285. The molecule has 1 amide bonds. The van der Waals surface area contributed by atoms with E-state index in [1.54, 1.807) is 7.11 Å². The molecule has 146 valence electrons. The molecule has 1 saturated carbocycles. The Morgan fingerprint density at radius 2 is 1.96 bits per heavy atom. The van der Waals surface area contributed by atoms with E-state index in [9.17, 15) is 18.0 Å². The molecule has 5 nitrogen and oxygen atoms in total. The second-order valence-corrected chi connectivity index (χ2v) is 7.81. The van der Waals surface area contributed by atoms with Crippen molar-refractivity contribution in [3.63, 3.8) is 0 Å². The Morgan fingerprint density at radius 1 is 1.30 bits per heavy atom. The fourth-order valence-electron chi connectivity index (χ4n) is 5.10. The zero-order chi connectivity index (χ0) is 19.6. The van der Waals surface area contributed by atoms with Crippen molar-refractivity contribution < 1.29 is 22.7 Å². The fourth-order valence-corrected chi connectivity index (χ4v) is 5.10. The summed E-state index contributed by atoms with van der Waals surface area (Å²) in [6.45, 7) is 0. The van der Waals surface area contributed by atoms with Crippen LogP contribution in [0.25, 0.3) is 0 Å². The highest BCUT2D eigenvalue weighted by molar-refractivity contribution is 6.08. The van der Waals surface area contributed by atoms with E-state index in [0.29, 0.717) is 24.8 Å². The first-order valence-corrected chi connectivity index (χ1v) is 9.01. The number of alkyl halides is 3. The van der Waals surface area contributed by atoms with E-state index in [4.69, 9.17) is 10.5 Å². The zero-order valence-electron chi connectivity index (χ0n) is 15.3. The van der Waals surface area contributed by atoms with Gasteiger partial charge >= 0.3 is 6.18 Å². The molecular formula is C19H22F3N3O2. The number of aliphatic imine (C=N–C) groups is 1. The van der Waals surface area contributed by atoms with E-state index in [2.05, 4.69) is 4.99 Å². The van der Waals surface area contributed by atoms with Gasteiger partial charge in [-0.2, -0.15) is 13.2 Å². The van der Waals surface area contributed by atoms with Gasteiger partial charge in [-0.3, -0.25) is 9.69 Å². The quantitative estimate of drug-likeness (QED) is 0.813. The largest absolute Gasteiger partial charge is 0.416 e. The molecule has 1 atom stereocenters. The van der Waals surface area contributed by atoms with E-state index >= 15 is 0 Å². The predicted molar refractivity (Wildman–Crippen MR) is 92.9 cm³/mol. The van der Waals surface area contributed by atoms with Gasteiger partial charge in [0.1, 0.15) is 0 Å². The molecular weight excluding hydrogens is 359 g/mol. The average molecular weight is 381 g/mol. The van der Waals surface area contributed by atoms with Gasteiger partial charge in [-0.15, -0.1) is 0 Å². The number of methoxy groups -OCH3 is 1. The van der Waals surface area contributed by atoms with Crippen molar-refractivity contribution >= 4 is 11.9 Å². The van der Waals surface area contributed by atoms with Gasteiger partial charge in [0.15, 0.2) is 11.5 Å². The minimum atomic E-state index is -4.48. The minimum Gasteiger partial charge on any atom is -0.381 e. The lowest BCUT2D eigenvalue weighted by Crippen LogP contribution is -2.51. The minimum absolute atomic E-state index is 0.0542. The summed E-state index contributed by atoms with van der Waals surface area (Å²) in [6.07, 6.45) is -1.08. The molecule has 1 heterocycles. The second kappa shape index (κ2) is 5.70. The van der Waals surface area contributed by atoms with Crippen molar-refractivity contribution in [3.8, 4) is 0 Å². The monoisotopic (exact) mass is 381 g/mol. The third-order valence-electron chi connectivity index (χ3n) is 6.59. The molecule has 2 aliphatic carbocycles. The Labute approximate surface area is 155 Å². The van der Waals surface area contributed by atoms with Crippen molar-refractivity contribution in [1.82, 2.24) is 4.90 Å². The highest BCUT2D eigenvalue weighted by atomic mass is 19.4. The van der Waals surface area contributed by atoms with Crippen LogP contribution < -0.4 is 5.73 Å². The zero-order valence-corrected chi connectivity index (χ0v) is 15.3. The first-order chi connectivity index (χ1) is 12.6. The summed E-state index contributed by atoms with van der Waals surface area (Å²) in [7, 11) is 3.18. The van der Waals surface area contributed by atoms with Crippen LogP contribution in [0.2, 0.25) is 0 Å². The lowest BCUT2D eigenvalue weighted by atomic mass is 9.61. The Hall–Kier alpha value is -2.09. The number of benzene rings is 1. The van der Waals surface area contributed by atoms with Crippen LogP contribution in [-0.4, -0.2) is 37.0 Å². The standard InChI is InChI=1S/C19H22F3N3O2/c1-25-15(26)18(24-16(25)23)14-9-12(19(20,21)22)4-3-11(14)10-17(18)7-5-13(27-2)6-8-17/h3-4,9,13H,5-8,10H2,1-2H3,(H2,23,24). The Morgan fingerprint density at radius 3 is 2.48 bits per heavy atom. The van der Waals surface area contributed by atoms with Crippen LogP contribution in [0.15, 0.2) is 23.2 Å². The second-order valence-electron chi connectivity index (χ2n) is 7.81. The lowest BCUT2D eigenvalue weighted by molar-refractivity contribution is -0.139. The SMILES string of the molecule is COC1CCC2(CC1)Cc1ccc(C(F)(F)F)cc1C21N=C(N)N(C)C1=O. The number of nitrogens with two attached hydrogens (primary N) is 1. The number of likely N-dealkylation sites (N-methyl/N-ethyl adjacent to an activating group) is 1. The number of halogens is 3. The molecule has 2 N–H and O–H groups in total. The molecule has 0 radical (unpaired) electrons. The molecule has 4 rings (SSSR count). The number of ether oxygens (including phenoxy) is 1. The van der Waals surface area contributed by atoms with E-state index in [-0.39, 0.29) is 18.0 Å². The van der Waals surface area contributed by atoms with Gasteiger partial charge in [0.2, 0.25) is 0 Å². The van der Waals surface area contributed by atoms with Gasteiger partial charge in [0.05, 0.1) is 11.7 Å². The molecule has 1 fully saturated rings. The molecule has 27 heavy (non-hydrogen) atoms. The van der Waals surface area contributed by atoms with Crippen LogP contribution in [0.5, 0.6) is 0 Å². The Kier molecular flexibility index (Phi) is 3.86. The molecule has 1 aliphatic heterocycles. The number of rotatable bonds is 1. The summed E-state index contributed by atoms with van der Waals surface area (Å²) in [4.78, 5) is 19.1. The first kappa shape index (κ1) is 18.3. The maximum absolute atomic E-state index is 13.3. The van der Waals surface area contributed by atoms with Crippen molar-refractivity contribution in [2.24, 2.45) is 16.1 Å². The topological polar surface area (TPSA) is 67.9 Å². The third-order valence-corrected chi connectivity index (χ3v) is 6.59. The molecule has 0 saturated heterocycles. The number of carbonyl (C=O) groups excluding carboxylic acids is 1. The van der Waals surface area contributed by atoms with Gasteiger partial charge in [-0.1, -0.05) is 6.07 Å². The number of carbonyl (C=O) groups is 1. The number of nitrogens with zero attached hydrogens (tertiary/aromatic N) is 2. The maximum Gasteiger partial charge on any atom is 0.416 e. The average Bonchev–Trinajstić information content (AvgIpc) is 3.02. The molecule has 1 aromatic rings. The highest BCUT2D eigenvalue weighted by Crippen LogP contribution is 2.62. The molecule has 3 aliphatic rings. The Bertz CT molecular complexity index is 828. The first-order valence-electron chi connectivity index (χ1n) is 9.01. The van der Waals surface area contributed by atoms with Crippen molar-refractivity contribution in [1.29, 1.82) is 0 Å². The molecule has 0 aromatic heterocycles. The number of hydrogen-bond acceptors (Lipinski definition) is 4. The van der Waals surface area contributed by atoms with Crippen molar-refractivity contribution in [2.75, 3.05) is 14.2 Å². The number of guanidine groups is 1. The van der Waals surface area contributed by atoms with Crippen molar-refractivity contribution in [2.45, 2.75) is 49.9 Å². The summed E-state index contributed by atoms with van der Waals surface area (Å²) >= 11 is 0. The predicted octanol–water partition coefficient (Wildman–Crippen LogP) is 2.82. The molecule has 2 spiro atoms. The van der Waals surface area contributed by atoms with Gasteiger partial charge in [-0.25, -0.2) is 4.99 Å². The van der Waals surface area contributed by atoms with E-state index in [1.165, 1.54) is 18.0 Å². The van der Waals surface area contributed by atoms with E-state index in [1.807, 2.05) is 0 Å².